The van der Waals surface area contributed by atoms with Gasteiger partial charge in [-0.05, 0) is 26.0 Å². The molecule has 0 aliphatic rings. The molecule has 1 atom stereocenters. The highest BCUT2D eigenvalue weighted by Gasteiger charge is 2.07. The number of carbonyl (C=O) groups is 2. The van der Waals surface area contributed by atoms with Gasteiger partial charge < -0.3 is 10.1 Å². The van der Waals surface area contributed by atoms with Crippen molar-refractivity contribution in [2.24, 2.45) is 0 Å². The summed E-state index contributed by atoms with van der Waals surface area (Å²) >= 11 is 1.44. The number of Topliss-reactive ketones (excluding diaryl/α,β-unsaturated/α-hetero) is 1. The van der Waals surface area contributed by atoms with E-state index in [9.17, 15) is 9.59 Å². The van der Waals surface area contributed by atoms with Crippen LogP contribution >= 0.6 is 11.8 Å². The number of hydrogen-bond acceptors (Lipinski definition) is 4. The SMILES string of the molecule is COCC(C)NC(=O)CSc1ccc(C(C)=O)cc1. The minimum Gasteiger partial charge on any atom is -0.383 e. The second-order valence-corrected chi connectivity index (χ2v) is 5.34. The molecule has 0 saturated heterocycles. The third kappa shape index (κ3) is 5.89. The minimum absolute atomic E-state index is 0.0122. The molecule has 1 amide bonds. The molecule has 0 saturated carbocycles. The molecule has 0 aromatic heterocycles. The van der Waals surface area contributed by atoms with Gasteiger partial charge in [0, 0.05) is 23.6 Å². The molecule has 1 unspecified atom stereocenters. The van der Waals surface area contributed by atoms with Gasteiger partial charge in [-0.1, -0.05) is 12.1 Å². The summed E-state index contributed by atoms with van der Waals surface area (Å²) in [5, 5.41) is 2.84. The zero-order valence-electron chi connectivity index (χ0n) is 11.4. The van der Waals surface area contributed by atoms with Crippen LogP contribution in [0.3, 0.4) is 0 Å². The molecule has 0 aliphatic heterocycles. The quantitative estimate of drug-likeness (QED) is 0.614. The summed E-state index contributed by atoms with van der Waals surface area (Å²) in [6.45, 7) is 3.93. The van der Waals surface area contributed by atoms with Crippen LogP contribution in [0.1, 0.15) is 24.2 Å². The van der Waals surface area contributed by atoms with Crippen LogP contribution < -0.4 is 5.32 Å². The van der Waals surface area contributed by atoms with Gasteiger partial charge in [0.1, 0.15) is 0 Å². The first-order chi connectivity index (χ1) is 9.02. The first kappa shape index (κ1) is 15.7. The Morgan fingerprint density at radius 1 is 1.32 bits per heavy atom. The van der Waals surface area contributed by atoms with Crippen molar-refractivity contribution in [3.05, 3.63) is 29.8 Å². The predicted octanol–water partition coefficient (Wildman–Crippen LogP) is 2.13. The molecule has 5 heteroatoms. The average Bonchev–Trinajstić information content (AvgIpc) is 2.37. The van der Waals surface area contributed by atoms with Gasteiger partial charge in [-0.25, -0.2) is 0 Å². The molecule has 1 N–H and O–H groups in total. The van der Waals surface area contributed by atoms with Gasteiger partial charge in [0.2, 0.25) is 5.91 Å². The first-order valence-electron chi connectivity index (χ1n) is 6.05. The minimum atomic E-state index is -0.0230. The summed E-state index contributed by atoms with van der Waals surface area (Å²) in [6.07, 6.45) is 0. The second-order valence-electron chi connectivity index (χ2n) is 4.29. The molecule has 0 fully saturated rings. The molecule has 0 heterocycles. The maximum atomic E-state index is 11.6. The Morgan fingerprint density at radius 2 is 1.95 bits per heavy atom. The van der Waals surface area contributed by atoms with Crippen LogP contribution in [0, 0.1) is 0 Å². The van der Waals surface area contributed by atoms with Crippen molar-refractivity contribution in [1.29, 1.82) is 0 Å². The summed E-state index contributed by atoms with van der Waals surface area (Å²) in [5.41, 5.74) is 0.683. The lowest BCUT2D eigenvalue weighted by atomic mass is 10.2. The number of carbonyl (C=O) groups excluding carboxylic acids is 2. The van der Waals surface area contributed by atoms with Crippen LogP contribution in [0.15, 0.2) is 29.2 Å². The van der Waals surface area contributed by atoms with E-state index in [2.05, 4.69) is 5.32 Å². The monoisotopic (exact) mass is 281 g/mol. The largest absolute Gasteiger partial charge is 0.383 e. The highest BCUT2D eigenvalue weighted by atomic mass is 32.2. The lowest BCUT2D eigenvalue weighted by molar-refractivity contribution is -0.119. The fourth-order valence-electron chi connectivity index (χ4n) is 1.54. The number of nitrogens with one attached hydrogen (secondary N) is 1. The Bertz CT molecular complexity index is 431. The van der Waals surface area contributed by atoms with Crippen LogP contribution in [0.5, 0.6) is 0 Å². The molecular weight excluding hydrogens is 262 g/mol. The lowest BCUT2D eigenvalue weighted by Crippen LogP contribution is -2.36. The average molecular weight is 281 g/mol. The van der Waals surface area contributed by atoms with E-state index in [1.54, 1.807) is 19.2 Å². The smallest absolute Gasteiger partial charge is 0.230 e. The number of methoxy groups -OCH3 is 1. The molecule has 0 aliphatic carbocycles. The number of hydrogen-bond donors (Lipinski definition) is 1. The Hall–Kier alpha value is -1.33. The second kappa shape index (κ2) is 7.96. The topological polar surface area (TPSA) is 55.4 Å². The first-order valence-corrected chi connectivity index (χ1v) is 7.03. The fraction of sp³-hybridized carbons (Fsp3) is 0.429. The third-order valence-corrected chi connectivity index (χ3v) is 3.47. The molecule has 104 valence electrons. The van der Waals surface area contributed by atoms with E-state index in [-0.39, 0.29) is 17.7 Å². The van der Waals surface area contributed by atoms with Crippen LogP contribution in [-0.2, 0) is 9.53 Å². The molecule has 4 nitrogen and oxygen atoms in total. The number of amides is 1. The van der Waals surface area contributed by atoms with Crippen LogP contribution in [0.2, 0.25) is 0 Å². The third-order valence-electron chi connectivity index (χ3n) is 2.45. The normalized spacial score (nSPS) is 11.9. The van der Waals surface area contributed by atoms with E-state index in [4.69, 9.17) is 4.74 Å². The highest BCUT2D eigenvalue weighted by molar-refractivity contribution is 8.00. The summed E-state index contributed by atoms with van der Waals surface area (Å²) < 4.78 is 4.95. The van der Waals surface area contributed by atoms with Gasteiger partial charge >= 0.3 is 0 Å². The van der Waals surface area contributed by atoms with Crippen molar-refractivity contribution < 1.29 is 14.3 Å². The molecule has 0 radical (unpaired) electrons. The van der Waals surface area contributed by atoms with Gasteiger partial charge in [-0.15, -0.1) is 11.8 Å². The van der Waals surface area contributed by atoms with Gasteiger partial charge in [0.15, 0.2) is 5.78 Å². The number of ketones is 1. The van der Waals surface area contributed by atoms with Gasteiger partial charge in [-0.2, -0.15) is 0 Å². The number of ether oxygens (including phenoxy) is 1. The van der Waals surface area contributed by atoms with Crippen LogP contribution in [0.25, 0.3) is 0 Å². The van der Waals surface area contributed by atoms with E-state index in [1.165, 1.54) is 18.7 Å². The molecule has 1 aromatic carbocycles. The predicted molar refractivity (Wildman–Crippen MR) is 76.7 cm³/mol. The fourth-order valence-corrected chi connectivity index (χ4v) is 2.25. The highest BCUT2D eigenvalue weighted by Crippen LogP contribution is 2.18. The van der Waals surface area contributed by atoms with Gasteiger partial charge in [-0.3, -0.25) is 9.59 Å². The summed E-state index contributed by atoms with van der Waals surface area (Å²) in [7, 11) is 1.61. The van der Waals surface area contributed by atoms with E-state index in [0.717, 1.165) is 4.90 Å². The molecular formula is C14H19NO3S. The maximum Gasteiger partial charge on any atom is 0.230 e. The summed E-state index contributed by atoms with van der Waals surface area (Å²) in [5.74, 6) is 0.376. The summed E-state index contributed by atoms with van der Waals surface area (Å²) in [4.78, 5) is 23.7. The zero-order chi connectivity index (χ0) is 14.3. The van der Waals surface area contributed by atoms with Crippen LogP contribution in [-0.4, -0.2) is 37.2 Å². The molecule has 19 heavy (non-hydrogen) atoms. The Balaban J connectivity index is 2.39. The van der Waals surface area contributed by atoms with Crippen molar-refractivity contribution in [2.75, 3.05) is 19.5 Å². The van der Waals surface area contributed by atoms with E-state index < -0.39 is 0 Å². The van der Waals surface area contributed by atoms with Crippen molar-refractivity contribution >= 4 is 23.5 Å². The maximum absolute atomic E-state index is 11.6. The van der Waals surface area contributed by atoms with Gasteiger partial charge in [0.25, 0.3) is 0 Å². The van der Waals surface area contributed by atoms with Crippen molar-refractivity contribution in [3.8, 4) is 0 Å². The molecule has 0 spiro atoms. The van der Waals surface area contributed by atoms with E-state index in [1.807, 2.05) is 19.1 Å². The van der Waals surface area contributed by atoms with Crippen molar-refractivity contribution in [1.82, 2.24) is 5.32 Å². The lowest BCUT2D eigenvalue weighted by Gasteiger charge is -2.12. The van der Waals surface area contributed by atoms with Crippen LogP contribution in [0.4, 0.5) is 0 Å². The summed E-state index contributed by atoms with van der Waals surface area (Å²) in [6, 6.07) is 7.27. The van der Waals surface area contributed by atoms with Gasteiger partial charge in [0.05, 0.1) is 12.4 Å². The number of thioether (sulfide) groups is 1. The van der Waals surface area contributed by atoms with Crippen molar-refractivity contribution in [3.63, 3.8) is 0 Å². The number of rotatable bonds is 7. The zero-order valence-corrected chi connectivity index (χ0v) is 12.3. The Morgan fingerprint density at radius 3 is 2.47 bits per heavy atom. The van der Waals surface area contributed by atoms with E-state index in [0.29, 0.717) is 17.9 Å². The molecule has 1 aromatic rings. The standard InChI is InChI=1S/C14H19NO3S/c1-10(8-18-3)15-14(17)9-19-13-6-4-12(5-7-13)11(2)16/h4-7,10H,8-9H2,1-3H3,(H,15,17). The Labute approximate surface area is 117 Å². The molecule has 1 rings (SSSR count). The Kier molecular flexibility index (Phi) is 6.59. The molecule has 0 bridgehead atoms. The van der Waals surface area contributed by atoms with E-state index >= 15 is 0 Å². The van der Waals surface area contributed by atoms with Crippen molar-refractivity contribution in [2.45, 2.75) is 24.8 Å². The number of benzene rings is 1.